The molecule has 3 aromatic rings. The molecule has 2 aromatic carbocycles. The zero-order valence-electron chi connectivity index (χ0n) is 11.0. The normalized spacial score (nSPS) is 10.7. The molecule has 0 radical (unpaired) electrons. The van der Waals surface area contributed by atoms with Crippen molar-refractivity contribution in [2.24, 2.45) is 5.73 Å². The van der Waals surface area contributed by atoms with Gasteiger partial charge in [-0.05, 0) is 0 Å². The van der Waals surface area contributed by atoms with Crippen LogP contribution in [0.1, 0.15) is 0 Å². The SMILES string of the molecule is NCn1nc(-c2ccccc2)c(N)c1-c1ccccc1. The van der Waals surface area contributed by atoms with Gasteiger partial charge in [-0.2, -0.15) is 5.10 Å². The average Bonchev–Trinajstić information content (AvgIpc) is 2.86. The Hall–Kier alpha value is -2.59. The molecule has 0 aliphatic heterocycles. The second-order valence-corrected chi connectivity index (χ2v) is 4.53. The molecule has 1 aromatic heterocycles. The molecular weight excluding hydrogens is 248 g/mol. The fourth-order valence-electron chi connectivity index (χ4n) is 2.32. The van der Waals surface area contributed by atoms with Crippen molar-refractivity contribution < 1.29 is 0 Å². The summed E-state index contributed by atoms with van der Waals surface area (Å²) >= 11 is 0. The van der Waals surface area contributed by atoms with Crippen LogP contribution < -0.4 is 11.5 Å². The Morgan fingerprint density at radius 1 is 0.850 bits per heavy atom. The van der Waals surface area contributed by atoms with E-state index in [1.54, 1.807) is 4.68 Å². The van der Waals surface area contributed by atoms with Crippen LogP contribution in [0.2, 0.25) is 0 Å². The molecule has 4 N–H and O–H groups in total. The lowest BCUT2D eigenvalue weighted by atomic mass is 10.1. The van der Waals surface area contributed by atoms with Gasteiger partial charge >= 0.3 is 0 Å². The van der Waals surface area contributed by atoms with E-state index in [4.69, 9.17) is 11.5 Å². The highest BCUT2D eigenvalue weighted by molar-refractivity contribution is 5.85. The van der Waals surface area contributed by atoms with Crippen molar-refractivity contribution in [2.45, 2.75) is 6.67 Å². The molecule has 4 heteroatoms. The lowest BCUT2D eigenvalue weighted by Gasteiger charge is -2.05. The van der Waals surface area contributed by atoms with Crippen LogP contribution in [0.4, 0.5) is 5.69 Å². The number of aromatic nitrogens is 2. The van der Waals surface area contributed by atoms with Crippen LogP contribution in [-0.2, 0) is 6.67 Å². The summed E-state index contributed by atoms with van der Waals surface area (Å²) < 4.78 is 1.74. The maximum atomic E-state index is 6.30. The molecule has 3 rings (SSSR count). The first-order valence-electron chi connectivity index (χ1n) is 6.48. The minimum absolute atomic E-state index is 0.293. The number of nitrogens with zero attached hydrogens (tertiary/aromatic N) is 2. The van der Waals surface area contributed by atoms with E-state index in [-0.39, 0.29) is 0 Å². The zero-order valence-corrected chi connectivity index (χ0v) is 11.0. The summed E-state index contributed by atoms with van der Waals surface area (Å²) in [6, 6.07) is 19.8. The monoisotopic (exact) mass is 264 g/mol. The number of hydrogen-bond acceptors (Lipinski definition) is 3. The summed E-state index contributed by atoms with van der Waals surface area (Å²) in [5.41, 5.74) is 16.4. The standard InChI is InChI=1S/C16H16N4/c17-11-20-16(13-9-5-2-6-10-13)14(18)15(19-20)12-7-3-1-4-8-12/h1-10H,11,17-18H2. The number of rotatable bonds is 3. The molecule has 100 valence electrons. The summed E-state index contributed by atoms with van der Waals surface area (Å²) in [6.07, 6.45) is 0. The van der Waals surface area contributed by atoms with Crippen LogP contribution >= 0.6 is 0 Å². The summed E-state index contributed by atoms with van der Waals surface area (Å²) in [5, 5.41) is 4.54. The van der Waals surface area contributed by atoms with Gasteiger partial charge < -0.3 is 11.5 Å². The van der Waals surface area contributed by atoms with Gasteiger partial charge in [0.2, 0.25) is 0 Å². The summed E-state index contributed by atoms with van der Waals surface area (Å²) in [4.78, 5) is 0. The Kier molecular flexibility index (Phi) is 3.23. The highest BCUT2D eigenvalue weighted by atomic mass is 15.3. The Morgan fingerprint density at radius 2 is 1.40 bits per heavy atom. The maximum absolute atomic E-state index is 6.30. The largest absolute Gasteiger partial charge is 0.395 e. The van der Waals surface area contributed by atoms with Crippen LogP contribution in [0, 0.1) is 0 Å². The van der Waals surface area contributed by atoms with Gasteiger partial charge in [0.1, 0.15) is 5.69 Å². The molecular formula is C16H16N4. The fourth-order valence-corrected chi connectivity index (χ4v) is 2.32. The van der Waals surface area contributed by atoms with Gasteiger partial charge in [0.15, 0.2) is 0 Å². The van der Waals surface area contributed by atoms with Gasteiger partial charge in [-0.25, -0.2) is 4.68 Å². The van der Waals surface area contributed by atoms with Crippen molar-refractivity contribution in [3.8, 4) is 22.5 Å². The van der Waals surface area contributed by atoms with E-state index >= 15 is 0 Å². The van der Waals surface area contributed by atoms with E-state index in [0.29, 0.717) is 12.4 Å². The highest BCUT2D eigenvalue weighted by Gasteiger charge is 2.17. The highest BCUT2D eigenvalue weighted by Crippen LogP contribution is 2.34. The van der Waals surface area contributed by atoms with Crippen LogP contribution in [0.5, 0.6) is 0 Å². The molecule has 0 aliphatic carbocycles. The summed E-state index contributed by atoms with van der Waals surface area (Å²) in [5.74, 6) is 0. The topological polar surface area (TPSA) is 69.9 Å². The Morgan fingerprint density at radius 3 is 1.95 bits per heavy atom. The third kappa shape index (κ3) is 2.06. The van der Waals surface area contributed by atoms with Gasteiger partial charge in [-0.1, -0.05) is 60.7 Å². The molecule has 0 spiro atoms. The number of nitrogen functional groups attached to an aromatic ring is 1. The van der Waals surface area contributed by atoms with Crippen LogP contribution in [0.25, 0.3) is 22.5 Å². The first-order valence-corrected chi connectivity index (χ1v) is 6.48. The molecule has 1 heterocycles. The lowest BCUT2D eigenvalue weighted by Crippen LogP contribution is -2.10. The molecule has 0 unspecified atom stereocenters. The molecule has 0 saturated heterocycles. The first-order chi connectivity index (χ1) is 9.81. The Bertz CT molecular complexity index is 702. The Balaban J connectivity index is 2.19. The van der Waals surface area contributed by atoms with Crippen LogP contribution in [0.3, 0.4) is 0 Å². The van der Waals surface area contributed by atoms with Crippen molar-refractivity contribution in [1.82, 2.24) is 9.78 Å². The third-order valence-electron chi connectivity index (χ3n) is 3.26. The van der Waals surface area contributed by atoms with Gasteiger partial charge in [0.25, 0.3) is 0 Å². The number of hydrogen-bond donors (Lipinski definition) is 2. The van der Waals surface area contributed by atoms with E-state index in [1.807, 2.05) is 60.7 Å². The van der Waals surface area contributed by atoms with E-state index < -0.39 is 0 Å². The summed E-state index contributed by atoms with van der Waals surface area (Å²) in [7, 11) is 0. The fraction of sp³-hybridized carbons (Fsp3) is 0.0625. The van der Waals surface area contributed by atoms with Gasteiger partial charge in [-0.3, -0.25) is 0 Å². The minimum Gasteiger partial charge on any atom is -0.395 e. The number of nitrogens with two attached hydrogens (primary N) is 2. The molecule has 0 bridgehead atoms. The Labute approximate surface area is 117 Å². The number of benzene rings is 2. The smallest absolute Gasteiger partial charge is 0.116 e. The maximum Gasteiger partial charge on any atom is 0.116 e. The third-order valence-corrected chi connectivity index (χ3v) is 3.26. The van der Waals surface area contributed by atoms with Crippen LogP contribution in [0.15, 0.2) is 60.7 Å². The first kappa shape index (κ1) is 12.4. The average molecular weight is 264 g/mol. The van der Waals surface area contributed by atoms with Crippen molar-refractivity contribution in [3.05, 3.63) is 60.7 Å². The van der Waals surface area contributed by atoms with E-state index in [9.17, 15) is 0 Å². The molecule has 4 nitrogen and oxygen atoms in total. The predicted octanol–water partition coefficient (Wildman–Crippen LogP) is 2.72. The second kappa shape index (κ2) is 5.19. The predicted molar refractivity (Wildman–Crippen MR) is 81.7 cm³/mol. The second-order valence-electron chi connectivity index (χ2n) is 4.53. The van der Waals surface area contributed by atoms with E-state index in [1.165, 1.54) is 0 Å². The molecule has 20 heavy (non-hydrogen) atoms. The quantitative estimate of drug-likeness (QED) is 0.764. The van der Waals surface area contributed by atoms with Crippen molar-refractivity contribution in [2.75, 3.05) is 5.73 Å². The number of anilines is 1. The van der Waals surface area contributed by atoms with Gasteiger partial charge in [-0.15, -0.1) is 0 Å². The van der Waals surface area contributed by atoms with Crippen molar-refractivity contribution in [3.63, 3.8) is 0 Å². The lowest BCUT2D eigenvalue weighted by molar-refractivity contribution is 0.647. The molecule has 0 amide bonds. The van der Waals surface area contributed by atoms with E-state index in [0.717, 1.165) is 22.5 Å². The van der Waals surface area contributed by atoms with Gasteiger partial charge in [0.05, 0.1) is 18.1 Å². The van der Waals surface area contributed by atoms with Crippen LogP contribution in [-0.4, -0.2) is 9.78 Å². The molecule has 0 aliphatic rings. The summed E-state index contributed by atoms with van der Waals surface area (Å²) in [6.45, 7) is 0.293. The molecule has 0 atom stereocenters. The molecule has 0 saturated carbocycles. The van der Waals surface area contributed by atoms with Gasteiger partial charge in [0, 0.05) is 11.1 Å². The van der Waals surface area contributed by atoms with Crippen molar-refractivity contribution in [1.29, 1.82) is 0 Å². The zero-order chi connectivity index (χ0) is 13.9. The minimum atomic E-state index is 0.293. The molecule has 0 fully saturated rings. The van der Waals surface area contributed by atoms with E-state index in [2.05, 4.69) is 5.10 Å². The van der Waals surface area contributed by atoms with Crippen molar-refractivity contribution >= 4 is 5.69 Å².